The van der Waals surface area contributed by atoms with E-state index in [1.54, 1.807) is 36.3 Å². The van der Waals surface area contributed by atoms with E-state index in [9.17, 15) is 5.21 Å². The van der Waals surface area contributed by atoms with Crippen LogP contribution in [0, 0.1) is 5.21 Å². The minimum atomic E-state index is 0.414. The van der Waals surface area contributed by atoms with Crippen LogP contribution in [0.5, 0.6) is 0 Å². The predicted molar refractivity (Wildman–Crippen MR) is 118 cm³/mol. The molecule has 3 heterocycles. The van der Waals surface area contributed by atoms with Crippen LogP contribution in [0.2, 0.25) is 5.02 Å². The van der Waals surface area contributed by atoms with Crippen molar-refractivity contribution in [3.8, 4) is 16.9 Å². The van der Waals surface area contributed by atoms with Crippen LogP contribution < -0.4 is 16.1 Å². The van der Waals surface area contributed by atoms with Crippen molar-refractivity contribution in [1.29, 1.82) is 0 Å². The Hall–Kier alpha value is -3.69. The largest absolute Gasteiger partial charge is 0.761 e. The summed E-state index contributed by atoms with van der Waals surface area (Å²) in [4.78, 5) is 17.3. The summed E-state index contributed by atoms with van der Waals surface area (Å²) in [6.07, 6.45) is 8.42. The van der Waals surface area contributed by atoms with Crippen molar-refractivity contribution < 1.29 is 0 Å². The molecule has 0 amide bonds. The van der Waals surface area contributed by atoms with Crippen molar-refractivity contribution in [2.24, 2.45) is 0 Å². The van der Waals surface area contributed by atoms with Crippen molar-refractivity contribution >= 4 is 29.1 Å². The number of benzene rings is 1. The van der Waals surface area contributed by atoms with Gasteiger partial charge in [0.15, 0.2) is 0 Å². The topological polar surface area (TPSA) is 116 Å². The highest BCUT2D eigenvalue weighted by molar-refractivity contribution is 6.33. The molecule has 3 aromatic heterocycles. The molecular weight excluding hydrogens is 404 g/mol. The van der Waals surface area contributed by atoms with E-state index in [2.05, 4.69) is 30.6 Å². The van der Waals surface area contributed by atoms with E-state index in [1.807, 2.05) is 35.0 Å². The van der Waals surface area contributed by atoms with Gasteiger partial charge in [-0.1, -0.05) is 29.8 Å². The van der Waals surface area contributed by atoms with Crippen LogP contribution in [0.15, 0.2) is 67.5 Å². The number of nitrogens with one attached hydrogen (secondary N) is 3. The van der Waals surface area contributed by atoms with Gasteiger partial charge in [0.05, 0.1) is 29.4 Å². The monoisotopic (exact) mass is 421 g/mol. The molecule has 0 fully saturated rings. The lowest BCUT2D eigenvalue weighted by Gasteiger charge is -2.13. The first-order chi connectivity index (χ1) is 14.7. The summed E-state index contributed by atoms with van der Waals surface area (Å²) in [6.45, 7) is 1.15. The lowest BCUT2D eigenvalue weighted by molar-refractivity contribution is 0.985. The number of pyridine rings is 1. The number of halogens is 1. The van der Waals surface area contributed by atoms with Crippen LogP contribution in [0.3, 0.4) is 0 Å². The maximum absolute atomic E-state index is 10.6. The second-order valence-electron chi connectivity index (χ2n) is 6.26. The van der Waals surface area contributed by atoms with Gasteiger partial charge in [-0.25, -0.2) is 19.9 Å². The molecule has 9 nitrogen and oxygen atoms in total. The van der Waals surface area contributed by atoms with Gasteiger partial charge < -0.3 is 25.9 Å². The zero-order chi connectivity index (χ0) is 20.8. The summed E-state index contributed by atoms with van der Waals surface area (Å²) in [5, 5.41) is 17.5. The van der Waals surface area contributed by atoms with Gasteiger partial charge in [-0.15, -0.1) is 0 Å². The summed E-state index contributed by atoms with van der Waals surface area (Å²) in [6, 6.07) is 10.9. The van der Waals surface area contributed by atoms with E-state index in [0.29, 0.717) is 41.3 Å². The smallest absolute Gasteiger partial charge is 0.223 e. The van der Waals surface area contributed by atoms with Crippen molar-refractivity contribution in [2.45, 2.75) is 0 Å². The third-order valence-corrected chi connectivity index (χ3v) is 4.61. The lowest BCUT2D eigenvalue weighted by atomic mass is 10.1. The molecule has 152 valence electrons. The van der Waals surface area contributed by atoms with Crippen molar-refractivity contribution in [3.05, 3.63) is 77.7 Å². The Morgan fingerprint density at radius 1 is 1.00 bits per heavy atom. The first kappa shape index (κ1) is 19.6. The molecule has 0 radical (unpaired) electrons. The van der Waals surface area contributed by atoms with Gasteiger partial charge in [-0.3, -0.25) is 0 Å². The minimum Gasteiger partial charge on any atom is -0.761 e. The molecule has 0 unspecified atom stereocenters. The van der Waals surface area contributed by atoms with E-state index >= 15 is 0 Å². The first-order valence-electron chi connectivity index (χ1n) is 9.17. The number of hydrogen-bond donors (Lipinski definition) is 3. The highest BCUT2D eigenvalue weighted by atomic mass is 35.5. The van der Waals surface area contributed by atoms with E-state index in [-0.39, 0.29) is 0 Å². The summed E-state index contributed by atoms with van der Waals surface area (Å²) in [5.41, 5.74) is 4.50. The maximum atomic E-state index is 10.6. The van der Waals surface area contributed by atoms with E-state index in [0.717, 1.165) is 11.3 Å². The Morgan fingerprint density at radius 3 is 2.60 bits per heavy atom. The van der Waals surface area contributed by atoms with E-state index < -0.39 is 0 Å². The van der Waals surface area contributed by atoms with Crippen LogP contribution in [0.4, 0.5) is 17.5 Å². The molecule has 0 spiro atoms. The van der Waals surface area contributed by atoms with Gasteiger partial charge in [-0.2, -0.15) is 0 Å². The summed E-state index contributed by atoms with van der Waals surface area (Å²) in [7, 11) is 0. The lowest BCUT2D eigenvalue weighted by Crippen LogP contribution is -2.16. The molecule has 10 heteroatoms. The van der Waals surface area contributed by atoms with Gasteiger partial charge in [0.1, 0.15) is 11.5 Å². The number of imidazole rings is 1. The molecular formula is C20H18ClN8O-. The van der Waals surface area contributed by atoms with Crippen LogP contribution >= 0.6 is 11.6 Å². The van der Waals surface area contributed by atoms with Gasteiger partial charge in [0.25, 0.3) is 0 Å². The second kappa shape index (κ2) is 9.21. The minimum absolute atomic E-state index is 0.414. The maximum Gasteiger partial charge on any atom is 0.223 e. The van der Waals surface area contributed by atoms with Crippen LogP contribution in [-0.2, 0) is 0 Å². The number of hydrogen-bond acceptors (Lipinski definition) is 8. The zero-order valence-electron chi connectivity index (χ0n) is 15.8. The van der Waals surface area contributed by atoms with Crippen LogP contribution in [-0.4, -0.2) is 37.6 Å². The van der Waals surface area contributed by atoms with E-state index in [4.69, 9.17) is 11.6 Å². The molecule has 4 rings (SSSR count). The van der Waals surface area contributed by atoms with Gasteiger partial charge in [0, 0.05) is 36.7 Å². The number of aromatic nitrogens is 5. The van der Waals surface area contributed by atoms with Crippen molar-refractivity contribution in [2.75, 3.05) is 29.2 Å². The Morgan fingerprint density at radius 2 is 1.87 bits per heavy atom. The molecule has 0 aliphatic carbocycles. The summed E-state index contributed by atoms with van der Waals surface area (Å²) in [5.74, 6) is 1.15. The van der Waals surface area contributed by atoms with Crippen LogP contribution in [0.25, 0.3) is 16.9 Å². The number of nitrogens with zero attached hydrogens (tertiary/aromatic N) is 5. The van der Waals surface area contributed by atoms with Gasteiger partial charge >= 0.3 is 0 Å². The fourth-order valence-electron chi connectivity index (χ4n) is 2.83. The van der Waals surface area contributed by atoms with Crippen molar-refractivity contribution in [3.63, 3.8) is 0 Å². The third-order valence-electron chi connectivity index (χ3n) is 4.28. The standard InChI is InChI=1S/C20H18ClN8O/c21-16-4-2-1-3-15(16)19-17(29-10-9-22-13-29)12-26-20(27-19)24-8-7-23-18-6-5-14(28-30)11-25-18/h1-6,9-13,28H,7-8H2,(H,23,25)(H,24,26,27)/q-1. The highest BCUT2D eigenvalue weighted by Gasteiger charge is 2.13. The predicted octanol–water partition coefficient (Wildman–Crippen LogP) is 3.81. The highest BCUT2D eigenvalue weighted by Crippen LogP contribution is 2.31. The van der Waals surface area contributed by atoms with E-state index in [1.165, 1.54) is 6.20 Å². The Bertz CT molecular complexity index is 1100. The Labute approximate surface area is 177 Å². The summed E-state index contributed by atoms with van der Waals surface area (Å²) >= 11 is 6.41. The zero-order valence-corrected chi connectivity index (χ0v) is 16.5. The molecule has 0 saturated heterocycles. The molecule has 0 aliphatic rings. The fourth-order valence-corrected chi connectivity index (χ4v) is 3.05. The molecule has 0 bridgehead atoms. The Kier molecular flexibility index (Phi) is 6.02. The third kappa shape index (κ3) is 4.48. The molecule has 0 saturated carbocycles. The quantitative estimate of drug-likeness (QED) is 0.290. The number of anilines is 3. The molecule has 0 atom stereocenters. The normalized spacial score (nSPS) is 10.6. The SMILES string of the molecule is [O-]Nc1ccc(NCCNc2ncc(-n3ccnc3)c(-c3ccccc3Cl)n2)nc1. The molecule has 3 N–H and O–H groups in total. The second-order valence-corrected chi connectivity index (χ2v) is 6.67. The number of rotatable bonds is 8. The average molecular weight is 422 g/mol. The summed E-state index contributed by atoms with van der Waals surface area (Å²) < 4.78 is 1.84. The molecule has 1 aromatic carbocycles. The molecule has 4 aromatic rings. The van der Waals surface area contributed by atoms with Gasteiger partial charge in [0.2, 0.25) is 5.95 Å². The van der Waals surface area contributed by atoms with Gasteiger partial charge in [-0.05, 0) is 18.2 Å². The molecule has 0 aliphatic heterocycles. The Balaban J connectivity index is 1.48. The first-order valence-corrected chi connectivity index (χ1v) is 9.54. The van der Waals surface area contributed by atoms with Crippen molar-refractivity contribution in [1.82, 2.24) is 24.5 Å². The fraction of sp³-hybridized carbons (Fsp3) is 0.100. The molecule has 30 heavy (non-hydrogen) atoms. The average Bonchev–Trinajstić information content (AvgIpc) is 3.32. The van der Waals surface area contributed by atoms with Crippen LogP contribution in [0.1, 0.15) is 0 Å².